The normalized spacial score (nSPS) is 21.3. The molecule has 2 N–H and O–H groups in total. The highest BCUT2D eigenvalue weighted by Crippen LogP contribution is 2.32. The zero-order valence-electron chi connectivity index (χ0n) is 18.2. The van der Waals surface area contributed by atoms with E-state index < -0.39 is 5.91 Å². The van der Waals surface area contributed by atoms with E-state index in [0.717, 1.165) is 49.6 Å². The van der Waals surface area contributed by atoms with Crippen LogP contribution in [0.4, 0.5) is 0 Å². The minimum Gasteiger partial charge on any atom is -0.457 e. The molecule has 0 aromatic heterocycles. The van der Waals surface area contributed by atoms with Crippen molar-refractivity contribution in [2.75, 3.05) is 19.6 Å². The third-order valence-electron chi connectivity index (χ3n) is 7.04. The molecule has 1 aliphatic carbocycles. The summed E-state index contributed by atoms with van der Waals surface area (Å²) < 4.78 is 5.93. The Balaban J connectivity index is 0.00000245. The predicted octanol–water partition coefficient (Wildman–Crippen LogP) is 4.01. The Morgan fingerprint density at radius 3 is 2.38 bits per heavy atom. The lowest BCUT2D eigenvalue weighted by Gasteiger charge is -2.34. The molecule has 2 aromatic carbocycles. The molecule has 170 valence electrons. The number of hydrogen-bond acceptors (Lipinski definition) is 4. The summed E-state index contributed by atoms with van der Waals surface area (Å²) in [5.41, 5.74) is 7.56. The first-order chi connectivity index (χ1) is 15.1. The molecule has 1 saturated carbocycles. The van der Waals surface area contributed by atoms with Crippen molar-refractivity contribution in [1.82, 2.24) is 9.80 Å². The van der Waals surface area contributed by atoms with Crippen LogP contribution in [0.3, 0.4) is 0 Å². The summed E-state index contributed by atoms with van der Waals surface area (Å²) in [6.07, 6.45) is 7.26. The molecular weight excluding hydrogens is 426 g/mol. The Labute approximate surface area is 195 Å². The number of primary amides is 1. The highest BCUT2D eigenvalue weighted by molar-refractivity contribution is 5.97. The summed E-state index contributed by atoms with van der Waals surface area (Å²) in [6.45, 7) is 2.91. The highest BCUT2D eigenvalue weighted by Gasteiger charge is 2.36. The minimum absolute atomic E-state index is 0. The average Bonchev–Trinajstić information content (AvgIpc) is 3.46. The second-order valence-corrected chi connectivity index (χ2v) is 8.93. The lowest BCUT2D eigenvalue weighted by Crippen LogP contribution is -2.46. The molecule has 1 saturated heterocycles. The number of carbonyl (C=O) groups excluding carboxylic acids is 2. The van der Waals surface area contributed by atoms with Gasteiger partial charge < -0.3 is 15.4 Å². The van der Waals surface area contributed by atoms with E-state index in [-0.39, 0.29) is 18.3 Å². The fraction of sp³-hybridized carbons (Fsp3) is 0.440. The van der Waals surface area contributed by atoms with E-state index >= 15 is 0 Å². The first-order valence-corrected chi connectivity index (χ1v) is 11.3. The number of hydrogen-bond donors (Lipinski definition) is 1. The summed E-state index contributed by atoms with van der Waals surface area (Å²) in [4.78, 5) is 29.1. The molecule has 5 rings (SSSR count). The topological polar surface area (TPSA) is 75.9 Å². The maximum atomic E-state index is 13.2. The van der Waals surface area contributed by atoms with Gasteiger partial charge in [-0.2, -0.15) is 0 Å². The molecule has 0 radical (unpaired) electrons. The van der Waals surface area contributed by atoms with Gasteiger partial charge >= 0.3 is 0 Å². The third-order valence-corrected chi connectivity index (χ3v) is 7.04. The SMILES string of the molecule is Cl.NC(=O)c1ccc(Oc2ccc3c(c2)CCN([C@@H]2CCN(C4CCCC4)C2)C3=O)cc1. The van der Waals surface area contributed by atoms with E-state index in [1.54, 1.807) is 24.3 Å². The van der Waals surface area contributed by atoms with Crippen LogP contribution >= 0.6 is 12.4 Å². The number of ether oxygens (including phenoxy) is 1. The maximum Gasteiger partial charge on any atom is 0.254 e. The lowest BCUT2D eigenvalue weighted by atomic mass is 9.97. The van der Waals surface area contributed by atoms with E-state index in [2.05, 4.69) is 9.80 Å². The molecule has 2 aliphatic heterocycles. The summed E-state index contributed by atoms with van der Waals surface area (Å²) in [5.74, 6) is 1.01. The van der Waals surface area contributed by atoms with Crippen LogP contribution in [0.2, 0.25) is 0 Å². The first-order valence-electron chi connectivity index (χ1n) is 11.3. The van der Waals surface area contributed by atoms with E-state index in [9.17, 15) is 9.59 Å². The van der Waals surface area contributed by atoms with Crippen molar-refractivity contribution in [1.29, 1.82) is 0 Å². The summed E-state index contributed by atoms with van der Waals surface area (Å²) in [6, 6.07) is 13.5. The number of fused-ring (bicyclic) bond motifs is 1. The van der Waals surface area contributed by atoms with Crippen molar-refractivity contribution in [2.24, 2.45) is 5.73 Å². The molecule has 32 heavy (non-hydrogen) atoms. The van der Waals surface area contributed by atoms with Gasteiger partial charge in [-0.1, -0.05) is 12.8 Å². The van der Waals surface area contributed by atoms with Crippen molar-refractivity contribution in [3.63, 3.8) is 0 Å². The molecular formula is C25H30ClN3O3. The monoisotopic (exact) mass is 455 g/mol. The van der Waals surface area contributed by atoms with Gasteiger partial charge in [-0.05, 0) is 73.7 Å². The zero-order valence-corrected chi connectivity index (χ0v) is 19.0. The van der Waals surface area contributed by atoms with Gasteiger partial charge in [0.2, 0.25) is 5.91 Å². The Morgan fingerprint density at radius 2 is 1.66 bits per heavy atom. The van der Waals surface area contributed by atoms with Crippen LogP contribution in [0.5, 0.6) is 11.5 Å². The van der Waals surface area contributed by atoms with Gasteiger partial charge in [-0.25, -0.2) is 0 Å². The number of likely N-dealkylation sites (tertiary alicyclic amines) is 1. The molecule has 1 atom stereocenters. The first kappa shape index (κ1) is 22.6. The predicted molar refractivity (Wildman–Crippen MR) is 126 cm³/mol. The van der Waals surface area contributed by atoms with Crippen LogP contribution in [0, 0.1) is 0 Å². The van der Waals surface area contributed by atoms with Gasteiger partial charge in [0, 0.05) is 42.8 Å². The van der Waals surface area contributed by atoms with Crippen LogP contribution in [0.25, 0.3) is 0 Å². The number of nitrogens with two attached hydrogens (primary N) is 1. The fourth-order valence-corrected chi connectivity index (χ4v) is 5.34. The van der Waals surface area contributed by atoms with Crippen LogP contribution < -0.4 is 10.5 Å². The Bertz CT molecular complexity index is 988. The van der Waals surface area contributed by atoms with Gasteiger partial charge in [0.05, 0.1) is 0 Å². The number of rotatable bonds is 5. The van der Waals surface area contributed by atoms with Gasteiger partial charge in [0.25, 0.3) is 5.91 Å². The smallest absolute Gasteiger partial charge is 0.254 e. The van der Waals surface area contributed by atoms with Crippen molar-refractivity contribution < 1.29 is 14.3 Å². The third kappa shape index (κ3) is 4.48. The van der Waals surface area contributed by atoms with Crippen LogP contribution in [0.1, 0.15) is 58.4 Å². The standard InChI is InChI=1S/C25H29N3O3.ClH/c26-24(29)17-5-7-21(8-6-17)31-22-9-10-23-18(15-22)11-14-28(25(23)30)20-12-13-27(16-20)19-3-1-2-4-19;/h5-10,15,19-20H,1-4,11-14,16H2,(H2,26,29);1H/t20-;/m1./s1. The van der Waals surface area contributed by atoms with E-state index in [1.807, 2.05) is 18.2 Å². The quantitative estimate of drug-likeness (QED) is 0.738. The number of nitrogens with zero attached hydrogens (tertiary/aromatic N) is 2. The molecule has 0 unspecified atom stereocenters. The number of benzene rings is 2. The van der Waals surface area contributed by atoms with Gasteiger partial charge in [0.15, 0.2) is 0 Å². The summed E-state index contributed by atoms with van der Waals surface area (Å²) in [5, 5.41) is 0. The van der Waals surface area contributed by atoms with Crippen molar-refractivity contribution >= 4 is 24.2 Å². The maximum absolute atomic E-state index is 13.2. The Kier molecular flexibility index (Phi) is 6.72. The number of halogens is 1. The van der Waals surface area contributed by atoms with Crippen LogP contribution in [-0.2, 0) is 6.42 Å². The minimum atomic E-state index is -0.461. The molecule has 2 aromatic rings. The largest absolute Gasteiger partial charge is 0.457 e. The van der Waals surface area contributed by atoms with Crippen molar-refractivity contribution in [2.45, 2.75) is 50.6 Å². The summed E-state index contributed by atoms with van der Waals surface area (Å²) in [7, 11) is 0. The van der Waals surface area contributed by atoms with E-state index in [0.29, 0.717) is 23.1 Å². The molecule has 0 spiro atoms. The fourth-order valence-electron chi connectivity index (χ4n) is 5.34. The highest BCUT2D eigenvalue weighted by atomic mass is 35.5. The van der Waals surface area contributed by atoms with Crippen LogP contribution in [0.15, 0.2) is 42.5 Å². The average molecular weight is 456 g/mol. The van der Waals surface area contributed by atoms with E-state index in [4.69, 9.17) is 10.5 Å². The molecule has 3 aliphatic rings. The van der Waals surface area contributed by atoms with Crippen molar-refractivity contribution in [3.8, 4) is 11.5 Å². The molecule has 0 bridgehead atoms. The van der Waals surface area contributed by atoms with Gasteiger partial charge in [-0.15, -0.1) is 12.4 Å². The van der Waals surface area contributed by atoms with E-state index in [1.165, 1.54) is 25.7 Å². The lowest BCUT2D eigenvalue weighted by molar-refractivity contribution is 0.0658. The molecule has 6 nitrogen and oxygen atoms in total. The zero-order chi connectivity index (χ0) is 21.4. The number of carbonyl (C=O) groups is 2. The molecule has 2 heterocycles. The van der Waals surface area contributed by atoms with Crippen molar-refractivity contribution in [3.05, 3.63) is 59.2 Å². The summed E-state index contributed by atoms with van der Waals surface area (Å²) >= 11 is 0. The Morgan fingerprint density at radius 1 is 0.938 bits per heavy atom. The molecule has 2 fully saturated rings. The number of amides is 2. The molecule has 7 heteroatoms. The second kappa shape index (κ2) is 9.51. The Hall–Kier alpha value is -2.57. The second-order valence-electron chi connectivity index (χ2n) is 8.93. The van der Waals surface area contributed by atoms with Crippen LogP contribution in [-0.4, -0.2) is 53.3 Å². The van der Waals surface area contributed by atoms with Gasteiger partial charge in [0.1, 0.15) is 11.5 Å². The van der Waals surface area contributed by atoms with Gasteiger partial charge in [-0.3, -0.25) is 14.5 Å². The molecule has 2 amide bonds.